The van der Waals surface area contributed by atoms with Crippen LogP contribution in [0.4, 0.5) is 5.69 Å². The van der Waals surface area contributed by atoms with Crippen molar-refractivity contribution in [1.29, 1.82) is 0 Å². The van der Waals surface area contributed by atoms with E-state index < -0.39 is 0 Å². The van der Waals surface area contributed by atoms with Crippen LogP contribution in [0.15, 0.2) is 57.9 Å². The average Bonchev–Trinajstić information content (AvgIpc) is 3.30. The van der Waals surface area contributed by atoms with Gasteiger partial charge in [-0.2, -0.15) is 0 Å². The van der Waals surface area contributed by atoms with Crippen LogP contribution in [0.5, 0.6) is 0 Å². The third-order valence-corrected chi connectivity index (χ3v) is 5.59. The van der Waals surface area contributed by atoms with Gasteiger partial charge in [0, 0.05) is 7.05 Å². The van der Waals surface area contributed by atoms with E-state index in [1.807, 2.05) is 50.4 Å². The lowest BCUT2D eigenvalue weighted by molar-refractivity contribution is -0.115. The van der Waals surface area contributed by atoms with Crippen LogP contribution in [0.25, 0.3) is 5.69 Å². The third-order valence-electron chi connectivity index (χ3n) is 4.42. The molecule has 1 fully saturated rings. The topological polar surface area (TPSA) is 60.4 Å². The predicted octanol–water partition coefficient (Wildman–Crippen LogP) is 2.86. The number of para-hydroxylation sites is 1. The zero-order valence-electron chi connectivity index (χ0n) is 13.9. The molecule has 25 heavy (non-hydrogen) atoms. The van der Waals surface area contributed by atoms with Gasteiger partial charge in [0.2, 0.25) is 5.91 Å². The smallest absolute Gasteiger partial charge is 0.295 e. The fourth-order valence-corrected chi connectivity index (χ4v) is 4.25. The van der Waals surface area contributed by atoms with Crippen molar-refractivity contribution in [3.05, 3.63) is 70.5 Å². The molecule has 7 heteroatoms. The van der Waals surface area contributed by atoms with Gasteiger partial charge < -0.3 is 4.42 Å². The molecule has 3 heterocycles. The molecular formula is C18H17N3O3S. The first-order valence-corrected chi connectivity index (χ1v) is 8.95. The Labute approximate surface area is 148 Å². The van der Waals surface area contributed by atoms with Crippen molar-refractivity contribution in [3.8, 4) is 5.69 Å². The Morgan fingerprint density at radius 3 is 2.56 bits per heavy atom. The summed E-state index contributed by atoms with van der Waals surface area (Å²) in [5.41, 5.74) is 1.70. The Morgan fingerprint density at radius 1 is 1.12 bits per heavy atom. The number of hydrogen-bond donors (Lipinski definition) is 0. The van der Waals surface area contributed by atoms with Crippen molar-refractivity contribution in [2.75, 3.05) is 10.7 Å². The van der Waals surface area contributed by atoms with E-state index >= 15 is 0 Å². The molecule has 1 aliphatic rings. The average molecular weight is 355 g/mol. The molecule has 0 radical (unpaired) electrons. The first kappa shape index (κ1) is 15.8. The summed E-state index contributed by atoms with van der Waals surface area (Å²) in [4.78, 5) is 27.3. The molecule has 0 spiro atoms. The van der Waals surface area contributed by atoms with Crippen molar-refractivity contribution in [1.82, 2.24) is 9.36 Å². The van der Waals surface area contributed by atoms with Crippen molar-refractivity contribution in [2.45, 2.75) is 12.3 Å². The Hall–Kier alpha value is -2.67. The van der Waals surface area contributed by atoms with E-state index in [2.05, 4.69) is 0 Å². The van der Waals surface area contributed by atoms with Crippen molar-refractivity contribution in [2.24, 2.45) is 7.05 Å². The minimum absolute atomic E-state index is 0.0857. The number of amides is 1. The van der Waals surface area contributed by atoms with Crippen LogP contribution in [0.3, 0.4) is 0 Å². The fourth-order valence-electron chi connectivity index (χ4n) is 3.14. The van der Waals surface area contributed by atoms with E-state index in [1.165, 1.54) is 11.8 Å². The van der Waals surface area contributed by atoms with Gasteiger partial charge in [0.05, 0.1) is 23.4 Å². The van der Waals surface area contributed by atoms with Gasteiger partial charge in [0.25, 0.3) is 5.56 Å². The normalized spacial score (nSPS) is 17.4. The van der Waals surface area contributed by atoms with E-state index in [0.717, 1.165) is 11.4 Å². The molecule has 0 N–H and O–H groups in total. The second kappa shape index (κ2) is 6.00. The first-order chi connectivity index (χ1) is 12.1. The molecule has 0 aliphatic carbocycles. The van der Waals surface area contributed by atoms with Crippen LogP contribution in [0.1, 0.15) is 16.8 Å². The molecule has 128 valence electrons. The van der Waals surface area contributed by atoms with Crippen LogP contribution >= 0.6 is 11.8 Å². The number of thioether (sulfide) groups is 1. The minimum Gasteiger partial charge on any atom is -0.466 e. The Balaban J connectivity index is 1.88. The molecule has 0 bridgehead atoms. The van der Waals surface area contributed by atoms with Crippen LogP contribution in [0, 0.1) is 6.92 Å². The summed E-state index contributed by atoms with van der Waals surface area (Å²) < 4.78 is 8.85. The molecule has 2 aromatic heterocycles. The lowest BCUT2D eigenvalue weighted by atomic mass is 10.3. The zero-order chi connectivity index (χ0) is 17.6. The standard InChI is InChI=1S/C18H17N3O3S/c1-12-16(17(23)21(19(12)2)13-7-4-3-5-8-13)20-15(22)11-25-18(20)14-9-6-10-24-14/h3-10,18H,11H2,1-2H3/t18-/m0/s1. The molecule has 1 aromatic carbocycles. The maximum Gasteiger partial charge on any atom is 0.295 e. The van der Waals surface area contributed by atoms with Gasteiger partial charge in [-0.1, -0.05) is 18.2 Å². The Kier molecular flexibility index (Phi) is 3.80. The summed E-state index contributed by atoms with van der Waals surface area (Å²) in [5, 5.41) is -0.319. The Bertz CT molecular complexity index is 973. The summed E-state index contributed by atoms with van der Waals surface area (Å²) in [6, 6.07) is 13.0. The van der Waals surface area contributed by atoms with Crippen molar-refractivity contribution in [3.63, 3.8) is 0 Å². The number of anilines is 1. The van der Waals surface area contributed by atoms with Gasteiger partial charge in [-0.25, -0.2) is 4.68 Å². The maximum absolute atomic E-state index is 13.2. The van der Waals surface area contributed by atoms with E-state index in [-0.39, 0.29) is 16.8 Å². The number of carbonyl (C=O) groups is 1. The van der Waals surface area contributed by atoms with Gasteiger partial charge in [-0.05, 0) is 31.2 Å². The van der Waals surface area contributed by atoms with E-state index in [0.29, 0.717) is 17.2 Å². The summed E-state index contributed by atoms with van der Waals surface area (Å²) in [6.45, 7) is 1.85. The highest BCUT2D eigenvalue weighted by Crippen LogP contribution is 2.41. The number of benzene rings is 1. The van der Waals surface area contributed by atoms with E-state index in [4.69, 9.17) is 4.42 Å². The summed E-state index contributed by atoms with van der Waals surface area (Å²) in [5.74, 6) is 0.909. The van der Waals surface area contributed by atoms with Gasteiger partial charge in [-0.3, -0.25) is 19.2 Å². The molecule has 1 atom stereocenters. The summed E-state index contributed by atoms with van der Waals surface area (Å²) in [6.07, 6.45) is 1.58. The van der Waals surface area contributed by atoms with Gasteiger partial charge in [0.15, 0.2) is 0 Å². The lowest BCUT2D eigenvalue weighted by Crippen LogP contribution is -2.32. The van der Waals surface area contributed by atoms with Gasteiger partial charge >= 0.3 is 0 Å². The quantitative estimate of drug-likeness (QED) is 0.725. The number of carbonyl (C=O) groups excluding carboxylic acids is 1. The lowest BCUT2D eigenvalue weighted by Gasteiger charge is -2.20. The summed E-state index contributed by atoms with van der Waals surface area (Å²) >= 11 is 1.46. The molecule has 0 saturated carbocycles. The number of furan rings is 1. The van der Waals surface area contributed by atoms with E-state index in [9.17, 15) is 9.59 Å². The van der Waals surface area contributed by atoms with Gasteiger partial charge in [0.1, 0.15) is 16.8 Å². The molecule has 1 aliphatic heterocycles. The monoisotopic (exact) mass is 355 g/mol. The molecule has 1 amide bonds. The number of nitrogens with zero attached hydrogens (tertiary/aromatic N) is 3. The largest absolute Gasteiger partial charge is 0.466 e. The fraction of sp³-hybridized carbons (Fsp3) is 0.222. The number of hydrogen-bond acceptors (Lipinski definition) is 4. The second-order valence-electron chi connectivity index (χ2n) is 5.85. The number of rotatable bonds is 3. The zero-order valence-corrected chi connectivity index (χ0v) is 14.7. The highest BCUT2D eigenvalue weighted by Gasteiger charge is 2.39. The highest BCUT2D eigenvalue weighted by molar-refractivity contribution is 8.00. The second-order valence-corrected chi connectivity index (χ2v) is 6.92. The molecule has 4 rings (SSSR count). The maximum atomic E-state index is 13.2. The number of aromatic nitrogens is 2. The van der Waals surface area contributed by atoms with Crippen molar-refractivity contribution >= 4 is 23.4 Å². The van der Waals surface area contributed by atoms with Crippen LogP contribution < -0.4 is 10.5 Å². The minimum atomic E-state index is -0.319. The highest BCUT2D eigenvalue weighted by atomic mass is 32.2. The van der Waals surface area contributed by atoms with Crippen LogP contribution in [-0.4, -0.2) is 21.0 Å². The van der Waals surface area contributed by atoms with Crippen LogP contribution in [0.2, 0.25) is 0 Å². The van der Waals surface area contributed by atoms with Crippen LogP contribution in [-0.2, 0) is 11.8 Å². The molecular weight excluding hydrogens is 338 g/mol. The molecule has 0 unspecified atom stereocenters. The Morgan fingerprint density at radius 2 is 1.88 bits per heavy atom. The van der Waals surface area contributed by atoms with Crippen molar-refractivity contribution < 1.29 is 9.21 Å². The third kappa shape index (κ3) is 2.42. The predicted molar refractivity (Wildman–Crippen MR) is 97.1 cm³/mol. The van der Waals surface area contributed by atoms with E-state index in [1.54, 1.807) is 26.6 Å². The molecule has 1 saturated heterocycles. The first-order valence-electron chi connectivity index (χ1n) is 7.90. The summed E-state index contributed by atoms with van der Waals surface area (Å²) in [7, 11) is 1.82. The SMILES string of the molecule is Cc1c(N2C(=O)CS[C@H]2c2ccco2)c(=O)n(-c2ccccc2)n1C. The van der Waals surface area contributed by atoms with Gasteiger partial charge in [-0.15, -0.1) is 11.8 Å². The molecule has 6 nitrogen and oxygen atoms in total. The molecule has 3 aromatic rings.